The molecule has 5 heteroatoms. The maximum Gasteiger partial charge on any atom is 0.269 e. The number of carbonyl (C=O) groups is 1. The predicted molar refractivity (Wildman–Crippen MR) is 71.0 cm³/mol. The first-order valence-electron chi connectivity index (χ1n) is 5.94. The van der Waals surface area contributed by atoms with Crippen molar-refractivity contribution in [2.24, 2.45) is 0 Å². The summed E-state index contributed by atoms with van der Waals surface area (Å²) in [4.78, 5) is 21.7. The lowest BCUT2D eigenvalue weighted by Crippen LogP contribution is -2.16. The normalized spacial score (nSPS) is 12.1. The van der Waals surface area contributed by atoms with Gasteiger partial charge in [-0.3, -0.25) is 14.9 Å². The van der Waals surface area contributed by atoms with Gasteiger partial charge in [0, 0.05) is 18.6 Å². The summed E-state index contributed by atoms with van der Waals surface area (Å²) < 4.78 is 0. The van der Waals surface area contributed by atoms with Gasteiger partial charge < -0.3 is 0 Å². The number of halogens is 1. The van der Waals surface area contributed by atoms with E-state index in [1.54, 1.807) is 12.1 Å². The van der Waals surface area contributed by atoms with Gasteiger partial charge in [-0.25, -0.2) is 0 Å². The molecule has 0 radical (unpaired) electrons. The number of rotatable bonds is 7. The number of Topliss-reactive ketones (excluding diaryl/α,β-unsaturated/α-hetero) is 1. The molecule has 0 saturated heterocycles. The Morgan fingerprint density at radius 3 is 2.50 bits per heavy atom. The fourth-order valence-electron chi connectivity index (χ4n) is 1.58. The van der Waals surface area contributed by atoms with Crippen LogP contribution >= 0.6 is 11.6 Å². The summed E-state index contributed by atoms with van der Waals surface area (Å²) in [5.41, 5.74) is 0.882. The molecule has 1 rings (SSSR count). The van der Waals surface area contributed by atoms with Crippen molar-refractivity contribution in [1.82, 2.24) is 0 Å². The average molecular weight is 270 g/mol. The molecule has 1 aromatic rings. The Morgan fingerprint density at radius 1 is 1.39 bits per heavy atom. The van der Waals surface area contributed by atoms with Crippen LogP contribution in [0.15, 0.2) is 24.3 Å². The topological polar surface area (TPSA) is 60.2 Å². The molecule has 0 aliphatic rings. The third kappa shape index (κ3) is 4.45. The number of nitro groups is 1. The van der Waals surface area contributed by atoms with Gasteiger partial charge in [0.05, 0.1) is 10.3 Å². The third-order valence-corrected chi connectivity index (χ3v) is 3.09. The molecule has 98 valence electrons. The van der Waals surface area contributed by atoms with Gasteiger partial charge in [-0.2, -0.15) is 0 Å². The van der Waals surface area contributed by atoms with Gasteiger partial charge in [0.15, 0.2) is 5.78 Å². The van der Waals surface area contributed by atoms with E-state index in [-0.39, 0.29) is 11.5 Å². The molecule has 0 saturated carbocycles. The Morgan fingerprint density at radius 2 is 2.00 bits per heavy atom. The van der Waals surface area contributed by atoms with Gasteiger partial charge in [0.2, 0.25) is 0 Å². The highest BCUT2D eigenvalue weighted by molar-refractivity contribution is 6.31. The van der Waals surface area contributed by atoms with Gasteiger partial charge >= 0.3 is 0 Å². The monoisotopic (exact) mass is 269 g/mol. The Bertz CT molecular complexity index is 417. The van der Waals surface area contributed by atoms with Crippen LogP contribution in [0, 0.1) is 10.1 Å². The van der Waals surface area contributed by atoms with Crippen molar-refractivity contribution in [2.75, 3.05) is 0 Å². The molecule has 0 fully saturated rings. The van der Waals surface area contributed by atoms with Crippen LogP contribution in [0.2, 0.25) is 0 Å². The highest BCUT2D eigenvalue weighted by Crippen LogP contribution is 2.16. The first-order valence-corrected chi connectivity index (χ1v) is 6.38. The van der Waals surface area contributed by atoms with Crippen molar-refractivity contribution >= 4 is 23.1 Å². The van der Waals surface area contributed by atoms with Crippen molar-refractivity contribution in [3.8, 4) is 0 Å². The second-order valence-electron chi connectivity index (χ2n) is 4.17. The smallest absolute Gasteiger partial charge is 0.269 e. The number of unbranched alkanes of at least 4 members (excludes halogenated alkanes) is 1. The Hall–Kier alpha value is -1.42. The number of hydrogen-bond acceptors (Lipinski definition) is 3. The highest BCUT2D eigenvalue weighted by atomic mass is 35.5. The largest absolute Gasteiger partial charge is 0.298 e. The Balaban J connectivity index is 2.56. The molecule has 18 heavy (non-hydrogen) atoms. The summed E-state index contributed by atoms with van der Waals surface area (Å²) >= 11 is 6.02. The number of alkyl halides is 1. The second kappa shape index (κ2) is 7.11. The lowest BCUT2D eigenvalue weighted by Gasteiger charge is -2.08. The van der Waals surface area contributed by atoms with E-state index >= 15 is 0 Å². The summed E-state index contributed by atoms with van der Waals surface area (Å²) in [6.45, 7) is 2.02. The van der Waals surface area contributed by atoms with E-state index in [0.717, 1.165) is 18.4 Å². The SMILES string of the molecule is CCCCC(=O)C(Cl)Cc1ccc([N+](=O)[O-])cc1. The number of nitrogens with zero attached hydrogens (tertiary/aromatic N) is 1. The van der Waals surface area contributed by atoms with Gasteiger partial charge in [0.25, 0.3) is 5.69 Å². The van der Waals surface area contributed by atoms with Crippen LogP contribution < -0.4 is 0 Å². The van der Waals surface area contributed by atoms with Crippen molar-refractivity contribution in [1.29, 1.82) is 0 Å². The predicted octanol–water partition coefficient (Wildman–Crippen LogP) is 3.50. The molecule has 4 nitrogen and oxygen atoms in total. The summed E-state index contributed by atoms with van der Waals surface area (Å²) in [5.74, 6) is 0.0388. The fraction of sp³-hybridized carbons (Fsp3) is 0.462. The molecular formula is C13H16ClNO3. The number of non-ortho nitro benzene ring substituents is 1. The molecule has 0 aromatic heterocycles. The molecule has 0 spiro atoms. The van der Waals surface area contributed by atoms with E-state index in [0.29, 0.717) is 12.8 Å². The zero-order valence-electron chi connectivity index (χ0n) is 10.3. The second-order valence-corrected chi connectivity index (χ2v) is 4.69. The zero-order valence-corrected chi connectivity index (χ0v) is 11.0. The van der Waals surface area contributed by atoms with Crippen molar-refractivity contribution in [3.05, 3.63) is 39.9 Å². The highest BCUT2D eigenvalue weighted by Gasteiger charge is 2.15. The van der Waals surface area contributed by atoms with Gasteiger partial charge in [0.1, 0.15) is 0 Å². The number of nitro benzene ring substituents is 1. The first-order chi connectivity index (χ1) is 8.54. The molecule has 0 N–H and O–H groups in total. The number of hydrogen-bond donors (Lipinski definition) is 0. The summed E-state index contributed by atoms with van der Waals surface area (Å²) in [6, 6.07) is 6.13. The van der Waals surface area contributed by atoms with Crippen molar-refractivity contribution in [3.63, 3.8) is 0 Å². The van der Waals surface area contributed by atoms with Crippen LogP contribution in [0.1, 0.15) is 31.7 Å². The maximum absolute atomic E-state index is 11.6. The van der Waals surface area contributed by atoms with Crippen LogP contribution in [-0.4, -0.2) is 16.1 Å². The zero-order chi connectivity index (χ0) is 13.5. The number of carbonyl (C=O) groups excluding carboxylic acids is 1. The van der Waals surface area contributed by atoms with Crippen LogP contribution in [0.25, 0.3) is 0 Å². The lowest BCUT2D eigenvalue weighted by atomic mass is 10.0. The van der Waals surface area contributed by atoms with Crippen LogP contribution in [-0.2, 0) is 11.2 Å². The maximum atomic E-state index is 11.6. The fourth-order valence-corrected chi connectivity index (χ4v) is 1.87. The Labute approximate surface area is 111 Å². The number of benzene rings is 1. The molecule has 1 unspecified atom stereocenters. The molecular weight excluding hydrogens is 254 g/mol. The van der Waals surface area contributed by atoms with Crippen LogP contribution in [0.3, 0.4) is 0 Å². The van der Waals surface area contributed by atoms with E-state index in [2.05, 4.69) is 0 Å². The summed E-state index contributed by atoms with van der Waals surface area (Å²) in [6.07, 6.45) is 2.73. The molecule has 0 aliphatic heterocycles. The standard InChI is InChI=1S/C13H16ClNO3/c1-2-3-4-13(16)12(14)9-10-5-7-11(8-6-10)15(17)18/h5-8,12H,2-4,9H2,1H3. The van der Waals surface area contributed by atoms with Gasteiger partial charge in [-0.15, -0.1) is 11.6 Å². The summed E-state index contributed by atoms with van der Waals surface area (Å²) in [7, 11) is 0. The molecule has 0 amide bonds. The van der Waals surface area contributed by atoms with E-state index in [1.807, 2.05) is 6.92 Å². The minimum Gasteiger partial charge on any atom is -0.298 e. The molecule has 1 aromatic carbocycles. The van der Waals surface area contributed by atoms with Gasteiger partial charge in [-0.05, 0) is 18.4 Å². The minimum atomic E-state index is -0.544. The quantitative estimate of drug-likeness (QED) is 0.432. The lowest BCUT2D eigenvalue weighted by molar-refractivity contribution is -0.384. The molecule has 0 heterocycles. The minimum absolute atomic E-state index is 0.0388. The molecule has 0 aliphatic carbocycles. The van der Waals surface area contributed by atoms with Crippen molar-refractivity contribution < 1.29 is 9.72 Å². The third-order valence-electron chi connectivity index (χ3n) is 2.69. The van der Waals surface area contributed by atoms with Crippen molar-refractivity contribution in [2.45, 2.75) is 38.0 Å². The van der Waals surface area contributed by atoms with Crippen LogP contribution in [0.4, 0.5) is 5.69 Å². The van der Waals surface area contributed by atoms with E-state index in [9.17, 15) is 14.9 Å². The Kier molecular flexibility index (Phi) is 5.78. The van der Waals surface area contributed by atoms with E-state index < -0.39 is 10.3 Å². The van der Waals surface area contributed by atoms with Gasteiger partial charge in [-0.1, -0.05) is 25.5 Å². The van der Waals surface area contributed by atoms with E-state index in [4.69, 9.17) is 11.6 Å². The summed E-state index contributed by atoms with van der Waals surface area (Å²) in [5, 5.41) is 9.94. The molecule has 1 atom stereocenters. The average Bonchev–Trinajstić information content (AvgIpc) is 2.36. The molecule has 0 bridgehead atoms. The number of ketones is 1. The first kappa shape index (κ1) is 14.6. The van der Waals surface area contributed by atoms with E-state index in [1.165, 1.54) is 12.1 Å². The van der Waals surface area contributed by atoms with Crippen LogP contribution in [0.5, 0.6) is 0 Å².